The summed E-state index contributed by atoms with van der Waals surface area (Å²) in [6.45, 7) is 7.37. The first-order valence-corrected chi connectivity index (χ1v) is 6.78. The fourth-order valence-corrected chi connectivity index (χ4v) is 5.38. The highest BCUT2D eigenvalue weighted by Gasteiger charge is 2.67. The molecular weight excluding hydrogens is 196 g/mol. The predicted octanol–water partition coefficient (Wildman–Crippen LogP) is 4.00. The van der Waals surface area contributed by atoms with E-state index in [0.29, 0.717) is 10.8 Å². The molecule has 1 nitrogen and oxygen atoms in total. The van der Waals surface area contributed by atoms with E-state index in [0.717, 1.165) is 17.8 Å². The van der Waals surface area contributed by atoms with Crippen LogP contribution in [0.2, 0.25) is 0 Å². The Morgan fingerprint density at radius 3 is 2.75 bits per heavy atom. The Kier molecular flexibility index (Phi) is 2.04. The van der Waals surface area contributed by atoms with Crippen LogP contribution in [0, 0.1) is 28.6 Å². The number of methoxy groups -OCH3 is 1. The number of hydrogen-bond donors (Lipinski definition) is 0. The Morgan fingerprint density at radius 2 is 2.12 bits per heavy atom. The van der Waals surface area contributed by atoms with Gasteiger partial charge in [0.05, 0.1) is 12.9 Å². The standard InChI is InChI=1S/C15H24O/c1-10(2)15-8-7-14(3)9-11(15)12(16-4)5-6-13(14)15/h5,10-11,13H,6-9H2,1-4H3. The molecule has 1 heteroatoms. The monoisotopic (exact) mass is 220 g/mol. The molecule has 0 aromatic carbocycles. The minimum atomic E-state index is 0.564. The van der Waals surface area contributed by atoms with Gasteiger partial charge in [-0.2, -0.15) is 0 Å². The zero-order chi connectivity index (χ0) is 11.6. The summed E-state index contributed by atoms with van der Waals surface area (Å²) in [5.41, 5.74) is 1.17. The van der Waals surface area contributed by atoms with Gasteiger partial charge in [0.1, 0.15) is 0 Å². The Balaban J connectivity index is 2.08. The third-order valence-electron chi connectivity index (χ3n) is 6.15. The van der Waals surface area contributed by atoms with E-state index in [-0.39, 0.29) is 0 Å². The summed E-state index contributed by atoms with van der Waals surface area (Å²) in [4.78, 5) is 0. The van der Waals surface area contributed by atoms with Crippen molar-refractivity contribution in [2.24, 2.45) is 28.6 Å². The maximum atomic E-state index is 5.66. The van der Waals surface area contributed by atoms with Crippen LogP contribution in [-0.2, 0) is 4.74 Å². The topological polar surface area (TPSA) is 9.23 Å². The third kappa shape index (κ3) is 0.983. The van der Waals surface area contributed by atoms with E-state index in [9.17, 15) is 0 Å². The Labute approximate surface area is 99.3 Å². The van der Waals surface area contributed by atoms with E-state index in [1.807, 2.05) is 7.11 Å². The molecule has 3 aliphatic rings. The highest BCUT2D eigenvalue weighted by atomic mass is 16.5. The first kappa shape index (κ1) is 10.7. The van der Waals surface area contributed by atoms with Crippen molar-refractivity contribution in [3.8, 4) is 0 Å². The fraction of sp³-hybridized carbons (Fsp3) is 0.867. The second-order valence-corrected chi connectivity index (χ2v) is 6.78. The Hall–Kier alpha value is -0.460. The zero-order valence-corrected chi connectivity index (χ0v) is 11.0. The summed E-state index contributed by atoms with van der Waals surface area (Å²) < 4.78 is 5.66. The van der Waals surface area contributed by atoms with Gasteiger partial charge in [0, 0.05) is 5.92 Å². The summed E-state index contributed by atoms with van der Waals surface area (Å²) in [6, 6.07) is 0. The number of ether oxygens (including phenoxy) is 1. The summed E-state index contributed by atoms with van der Waals surface area (Å²) in [5.74, 6) is 3.73. The number of rotatable bonds is 2. The summed E-state index contributed by atoms with van der Waals surface area (Å²) in [6.07, 6.45) is 7.88. The third-order valence-corrected chi connectivity index (χ3v) is 6.15. The van der Waals surface area contributed by atoms with Gasteiger partial charge in [-0.05, 0) is 54.4 Å². The van der Waals surface area contributed by atoms with Crippen LogP contribution in [0.3, 0.4) is 0 Å². The minimum Gasteiger partial charge on any atom is -0.501 e. The zero-order valence-electron chi connectivity index (χ0n) is 11.0. The van der Waals surface area contributed by atoms with Crippen molar-refractivity contribution in [3.05, 3.63) is 11.8 Å². The lowest BCUT2D eigenvalue weighted by molar-refractivity contribution is 0.0468. The molecule has 0 N–H and O–H groups in total. The molecule has 90 valence electrons. The molecule has 0 radical (unpaired) electrons. The van der Waals surface area contributed by atoms with Crippen molar-refractivity contribution in [2.75, 3.05) is 7.11 Å². The molecule has 3 rings (SSSR count). The quantitative estimate of drug-likeness (QED) is 0.683. The van der Waals surface area contributed by atoms with Crippen molar-refractivity contribution >= 4 is 0 Å². The molecule has 4 unspecified atom stereocenters. The molecule has 16 heavy (non-hydrogen) atoms. The molecule has 0 spiro atoms. The first-order valence-electron chi connectivity index (χ1n) is 6.78. The highest BCUT2D eigenvalue weighted by Crippen LogP contribution is 2.74. The van der Waals surface area contributed by atoms with Crippen LogP contribution in [0.25, 0.3) is 0 Å². The SMILES string of the molecule is COC1=CCC2C3(C)CCC2(C(C)C)C1C3. The molecule has 0 heterocycles. The number of allylic oxidation sites excluding steroid dienone is 2. The average Bonchev–Trinajstić information content (AvgIpc) is 2.62. The summed E-state index contributed by atoms with van der Waals surface area (Å²) in [7, 11) is 1.86. The van der Waals surface area contributed by atoms with Gasteiger partial charge in [-0.1, -0.05) is 20.8 Å². The average molecular weight is 220 g/mol. The smallest absolute Gasteiger partial charge is 0.0952 e. The predicted molar refractivity (Wildman–Crippen MR) is 65.9 cm³/mol. The maximum Gasteiger partial charge on any atom is 0.0952 e. The van der Waals surface area contributed by atoms with E-state index >= 15 is 0 Å². The molecule has 0 saturated heterocycles. The van der Waals surface area contributed by atoms with E-state index in [1.165, 1.54) is 31.4 Å². The van der Waals surface area contributed by atoms with Gasteiger partial charge in [0.25, 0.3) is 0 Å². The lowest BCUT2D eigenvalue weighted by atomic mass is 9.61. The van der Waals surface area contributed by atoms with Gasteiger partial charge < -0.3 is 4.74 Å². The van der Waals surface area contributed by atoms with Crippen molar-refractivity contribution in [2.45, 2.75) is 46.5 Å². The van der Waals surface area contributed by atoms with Gasteiger partial charge in [0.15, 0.2) is 0 Å². The molecule has 4 atom stereocenters. The van der Waals surface area contributed by atoms with Crippen LogP contribution in [0.1, 0.15) is 46.5 Å². The Bertz CT molecular complexity index is 343. The molecule has 2 saturated carbocycles. The lowest BCUT2D eigenvalue weighted by Crippen LogP contribution is -2.39. The molecule has 0 aliphatic heterocycles. The van der Waals surface area contributed by atoms with E-state index < -0.39 is 0 Å². The van der Waals surface area contributed by atoms with Crippen LogP contribution in [0.4, 0.5) is 0 Å². The molecule has 2 fully saturated rings. The van der Waals surface area contributed by atoms with Crippen molar-refractivity contribution in [1.82, 2.24) is 0 Å². The number of hydrogen-bond acceptors (Lipinski definition) is 1. The van der Waals surface area contributed by atoms with Gasteiger partial charge in [0.2, 0.25) is 0 Å². The molecule has 0 aromatic heterocycles. The maximum absolute atomic E-state index is 5.66. The first-order chi connectivity index (χ1) is 7.54. The van der Waals surface area contributed by atoms with Gasteiger partial charge in [-0.15, -0.1) is 0 Å². The molecular formula is C15H24O. The molecule has 3 aliphatic carbocycles. The molecule has 4 bridgehead atoms. The summed E-state index contributed by atoms with van der Waals surface area (Å²) >= 11 is 0. The molecule has 0 amide bonds. The normalized spacial score (nSPS) is 49.7. The van der Waals surface area contributed by atoms with Crippen LogP contribution in [0.5, 0.6) is 0 Å². The van der Waals surface area contributed by atoms with Crippen LogP contribution in [-0.4, -0.2) is 7.11 Å². The second kappa shape index (κ2) is 3.05. The van der Waals surface area contributed by atoms with Crippen LogP contribution < -0.4 is 0 Å². The molecule has 0 aromatic rings. The van der Waals surface area contributed by atoms with Gasteiger partial charge >= 0.3 is 0 Å². The van der Waals surface area contributed by atoms with E-state index in [4.69, 9.17) is 4.74 Å². The second-order valence-electron chi connectivity index (χ2n) is 6.78. The fourth-order valence-electron chi connectivity index (χ4n) is 5.38. The van der Waals surface area contributed by atoms with Crippen LogP contribution >= 0.6 is 0 Å². The van der Waals surface area contributed by atoms with E-state index in [2.05, 4.69) is 26.8 Å². The highest BCUT2D eigenvalue weighted by molar-refractivity contribution is 5.25. The summed E-state index contributed by atoms with van der Waals surface area (Å²) in [5, 5.41) is 0. The van der Waals surface area contributed by atoms with Crippen LogP contribution in [0.15, 0.2) is 11.8 Å². The van der Waals surface area contributed by atoms with Crippen molar-refractivity contribution in [3.63, 3.8) is 0 Å². The Morgan fingerprint density at radius 1 is 1.38 bits per heavy atom. The largest absolute Gasteiger partial charge is 0.501 e. The van der Waals surface area contributed by atoms with Gasteiger partial charge in [-0.25, -0.2) is 0 Å². The van der Waals surface area contributed by atoms with E-state index in [1.54, 1.807) is 0 Å². The lowest BCUT2D eigenvalue weighted by Gasteiger charge is -2.44. The minimum absolute atomic E-state index is 0.564. The van der Waals surface area contributed by atoms with Crippen molar-refractivity contribution < 1.29 is 4.74 Å². The van der Waals surface area contributed by atoms with Gasteiger partial charge in [-0.3, -0.25) is 0 Å². The van der Waals surface area contributed by atoms with Crippen molar-refractivity contribution in [1.29, 1.82) is 0 Å².